The van der Waals surface area contributed by atoms with E-state index in [-0.39, 0.29) is 21.1 Å². The quantitative estimate of drug-likeness (QED) is 0.359. The van der Waals surface area contributed by atoms with Crippen LogP contribution in [0.5, 0.6) is 0 Å². The fourth-order valence-electron chi connectivity index (χ4n) is 1.77. The summed E-state index contributed by atoms with van der Waals surface area (Å²) in [5.74, 6) is 0. The molecule has 0 heterocycles. The van der Waals surface area contributed by atoms with Crippen molar-refractivity contribution in [2.45, 2.75) is 0 Å². The van der Waals surface area contributed by atoms with Gasteiger partial charge in [-0.1, -0.05) is 129 Å². The maximum Gasteiger partial charge on any atom is 0 e. The van der Waals surface area contributed by atoms with Gasteiger partial charge in [-0.3, -0.25) is 0 Å². The second kappa shape index (κ2) is 15.1. The Morgan fingerprint density at radius 1 is 0.400 bits per heavy atom. The Balaban J connectivity index is 0.000000339. The largest absolute Gasteiger partial charge is 0.0985 e. The van der Waals surface area contributed by atoms with E-state index in [9.17, 15) is 0 Å². The van der Waals surface area contributed by atoms with Gasteiger partial charge in [-0.25, -0.2) is 0 Å². The first-order valence-electron chi connectivity index (χ1n) is 7.82. The van der Waals surface area contributed by atoms with Gasteiger partial charge in [0.1, 0.15) is 0 Å². The molecule has 130 valence electrons. The zero-order valence-corrected chi connectivity index (χ0v) is 16.6. The third kappa shape index (κ3) is 10.9. The molecule has 3 aromatic carbocycles. The Kier molecular flexibility index (Phi) is 13.6. The van der Waals surface area contributed by atoms with Gasteiger partial charge in [-0.2, -0.15) is 0 Å². The first-order valence-corrected chi connectivity index (χ1v) is 7.82. The maximum atomic E-state index is 3.63. The van der Waals surface area contributed by atoms with E-state index in [0.29, 0.717) is 0 Å². The average Bonchev–Trinajstić information content (AvgIpc) is 2.71. The van der Waals surface area contributed by atoms with E-state index in [0.717, 1.165) is 0 Å². The van der Waals surface area contributed by atoms with Crippen LogP contribution in [-0.2, 0) is 21.1 Å². The Morgan fingerprint density at radius 3 is 0.720 bits per heavy atom. The molecule has 25 heavy (non-hydrogen) atoms. The van der Waals surface area contributed by atoms with E-state index >= 15 is 0 Å². The van der Waals surface area contributed by atoms with Crippen molar-refractivity contribution in [3.63, 3.8) is 0 Å². The topological polar surface area (TPSA) is 0 Å². The van der Waals surface area contributed by atoms with Crippen LogP contribution in [0.1, 0.15) is 16.7 Å². The first kappa shape index (κ1) is 22.6. The van der Waals surface area contributed by atoms with E-state index in [1.54, 1.807) is 0 Å². The summed E-state index contributed by atoms with van der Waals surface area (Å²) in [4.78, 5) is 0. The van der Waals surface area contributed by atoms with E-state index in [1.165, 1.54) is 16.7 Å². The van der Waals surface area contributed by atoms with Crippen LogP contribution < -0.4 is 0 Å². The summed E-state index contributed by atoms with van der Waals surface area (Å²) < 4.78 is 0. The van der Waals surface area contributed by atoms with Gasteiger partial charge < -0.3 is 0 Å². The molecule has 0 unspecified atom stereocenters. The fourth-order valence-corrected chi connectivity index (χ4v) is 1.77. The van der Waals surface area contributed by atoms with Crippen molar-refractivity contribution < 1.29 is 21.1 Å². The van der Waals surface area contributed by atoms with Gasteiger partial charge in [0.05, 0.1) is 0 Å². The number of hydrogen-bond acceptors (Lipinski definition) is 0. The molecule has 3 rings (SSSR count). The molecule has 0 aliphatic heterocycles. The molecule has 0 spiro atoms. The summed E-state index contributed by atoms with van der Waals surface area (Å²) in [5, 5.41) is 0. The van der Waals surface area contributed by atoms with Crippen LogP contribution in [0.2, 0.25) is 0 Å². The van der Waals surface area contributed by atoms with Gasteiger partial charge in [0.25, 0.3) is 0 Å². The molecule has 0 saturated heterocycles. The fraction of sp³-hybridized carbons (Fsp3) is 0. The van der Waals surface area contributed by atoms with Gasteiger partial charge in [-0.15, -0.1) is 0 Å². The zero-order chi connectivity index (χ0) is 17.5. The maximum absolute atomic E-state index is 3.63. The van der Waals surface area contributed by atoms with Crippen LogP contribution in [0.15, 0.2) is 111 Å². The van der Waals surface area contributed by atoms with Crippen molar-refractivity contribution in [3.05, 3.63) is 127 Å². The van der Waals surface area contributed by atoms with Gasteiger partial charge >= 0.3 is 0 Å². The van der Waals surface area contributed by atoms with Gasteiger partial charge in [-0.05, 0) is 16.7 Å². The normalized spacial score (nSPS) is 8.16. The van der Waals surface area contributed by atoms with Crippen LogP contribution in [0, 0.1) is 0 Å². The summed E-state index contributed by atoms with van der Waals surface area (Å²) in [6, 6.07) is 30.1. The van der Waals surface area contributed by atoms with Crippen molar-refractivity contribution in [2.75, 3.05) is 0 Å². The van der Waals surface area contributed by atoms with Crippen molar-refractivity contribution >= 4 is 18.2 Å². The Morgan fingerprint density at radius 2 is 0.600 bits per heavy atom. The molecule has 0 bridgehead atoms. The Hall–Kier alpha value is -2.43. The SMILES string of the molecule is C=Cc1ccccc1.C=Cc1ccccc1.C=Cc1ccccc1.[Pt]. The molecule has 0 fully saturated rings. The van der Waals surface area contributed by atoms with Crippen molar-refractivity contribution in [3.8, 4) is 0 Å². The minimum atomic E-state index is 0. The van der Waals surface area contributed by atoms with Gasteiger partial charge in [0.15, 0.2) is 0 Å². The molecular formula is C24H24Pt. The molecular weight excluding hydrogens is 483 g/mol. The van der Waals surface area contributed by atoms with Crippen LogP contribution in [-0.4, -0.2) is 0 Å². The number of rotatable bonds is 3. The third-order valence-corrected chi connectivity index (χ3v) is 3.11. The molecule has 0 amide bonds. The molecule has 0 saturated carbocycles. The predicted octanol–water partition coefficient (Wildman–Crippen LogP) is 6.99. The van der Waals surface area contributed by atoms with Crippen LogP contribution in [0.25, 0.3) is 18.2 Å². The molecule has 0 nitrogen and oxygen atoms in total. The third-order valence-electron chi connectivity index (χ3n) is 3.11. The Labute approximate surface area is 166 Å². The number of benzene rings is 3. The van der Waals surface area contributed by atoms with Crippen molar-refractivity contribution in [2.24, 2.45) is 0 Å². The van der Waals surface area contributed by atoms with Gasteiger partial charge in [0.2, 0.25) is 0 Å². The molecule has 0 aromatic heterocycles. The second-order valence-electron chi connectivity index (χ2n) is 4.84. The molecule has 0 N–H and O–H groups in total. The molecule has 1 heteroatoms. The number of hydrogen-bond donors (Lipinski definition) is 0. The molecule has 0 radical (unpaired) electrons. The standard InChI is InChI=1S/3C8H8.Pt/c3*1-2-8-6-4-3-5-7-8;/h3*2-7H,1H2;. The molecule has 0 aliphatic rings. The summed E-state index contributed by atoms with van der Waals surface area (Å²) >= 11 is 0. The van der Waals surface area contributed by atoms with E-state index in [4.69, 9.17) is 0 Å². The second-order valence-corrected chi connectivity index (χ2v) is 4.84. The van der Waals surface area contributed by atoms with E-state index in [1.807, 2.05) is 109 Å². The van der Waals surface area contributed by atoms with Crippen LogP contribution in [0.3, 0.4) is 0 Å². The van der Waals surface area contributed by atoms with Crippen LogP contribution in [0.4, 0.5) is 0 Å². The van der Waals surface area contributed by atoms with Crippen molar-refractivity contribution in [1.82, 2.24) is 0 Å². The minimum Gasteiger partial charge on any atom is -0.0985 e. The minimum absolute atomic E-state index is 0. The van der Waals surface area contributed by atoms with E-state index in [2.05, 4.69) is 19.7 Å². The first-order chi connectivity index (χ1) is 11.8. The summed E-state index contributed by atoms with van der Waals surface area (Å²) in [7, 11) is 0. The molecule has 3 aromatic rings. The predicted molar refractivity (Wildman–Crippen MR) is 110 cm³/mol. The summed E-state index contributed by atoms with van der Waals surface area (Å²) in [6.07, 6.45) is 5.50. The zero-order valence-electron chi connectivity index (χ0n) is 14.3. The van der Waals surface area contributed by atoms with Gasteiger partial charge in [0, 0.05) is 21.1 Å². The van der Waals surface area contributed by atoms with Crippen LogP contribution >= 0.6 is 0 Å². The monoisotopic (exact) mass is 507 g/mol. The average molecular weight is 508 g/mol. The summed E-state index contributed by atoms with van der Waals surface area (Å²) in [6.45, 7) is 10.9. The Bertz CT molecular complexity index is 597. The summed E-state index contributed by atoms with van der Waals surface area (Å²) in [5.41, 5.74) is 3.52. The molecule has 0 atom stereocenters. The molecule has 0 aliphatic carbocycles. The smallest absolute Gasteiger partial charge is 0 e. The van der Waals surface area contributed by atoms with E-state index < -0.39 is 0 Å². The van der Waals surface area contributed by atoms with Crippen molar-refractivity contribution in [1.29, 1.82) is 0 Å².